The van der Waals surface area contributed by atoms with E-state index < -0.39 is 5.91 Å². The first-order valence-corrected chi connectivity index (χ1v) is 9.38. The molecule has 3 aromatic carbocycles. The van der Waals surface area contributed by atoms with Crippen molar-refractivity contribution < 1.29 is 4.79 Å². The van der Waals surface area contributed by atoms with E-state index in [-0.39, 0.29) is 5.57 Å². The molecule has 0 bridgehead atoms. The fourth-order valence-corrected chi connectivity index (χ4v) is 2.84. The van der Waals surface area contributed by atoms with Gasteiger partial charge >= 0.3 is 0 Å². The second-order valence-corrected chi connectivity index (χ2v) is 6.84. The van der Waals surface area contributed by atoms with Gasteiger partial charge in [-0.05, 0) is 40.5 Å². The molecule has 0 aliphatic heterocycles. The largest absolute Gasteiger partial charge is 0.282 e. The fourth-order valence-electron chi connectivity index (χ4n) is 2.54. The number of nitrogens with zero attached hydrogens (tertiary/aromatic N) is 2. The van der Waals surface area contributed by atoms with Crippen molar-refractivity contribution in [3.05, 3.63) is 99.5 Å². The Labute approximate surface area is 178 Å². The van der Waals surface area contributed by atoms with Crippen LogP contribution in [0.4, 0.5) is 0 Å². The fraction of sp³-hybridized carbons (Fsp3) is 0. The Bertz CT molecular complexity index is 1120. The Morgan fingerprint density at radius 1 is 0.897 bits per heavy atom. The van der Waals surface area contributed by atoms with Crippen LogP contribution in [0.25, 0.3) is 17.2 Å². The van der Waals surface area contributed by atoms with Crippen LogP contribution >= 0.6 is 23.2 Å². The first kappa shape index (κ1) is 20.3. The van der Waals surface area contributed by atoms with Crippen molar-refractivity contribution in [3.8, 4) is 17.2 Å². The molecular formula is C23H15Cl2N3O. The number of halogens is 2. The molecule has 0 saturated heterocycles. The Morgan fingerprint density at radius 3 is 2.21 bits per heavy atom. The Kier molecular flexibility index (Phi) is 6.80. The summed E-state index contributed by atoms with van der Waals surface area (Å²) in [5.41, 5.74) is 5.84. The predicted molar refractivity (Wildman–Crippen MR) is 118 cm³/mol. The first-order chi connectivity index (χ1) is 14.1. The van der Waals surface area contributed by atoms with E-state index in [0.717, 1.165) is 16.7 Å². The van der Waals surface area contributed by atoms with Crippen LogP contribution in [0.1, 0.15) is 11.1 Å². The molecule has 4 nitrogen and oxygen atoms in total. The minimum atomic E-state index is -0.601. The van der Waals surface area contributed by atoms with Crippen molar-refractivity contribution in [2.45, 2.75) is 0 Å². The zero-order chi connectivity index (χ0) is 20.6. The van der Waals surface area contributed by atoms with E-state index in [1.807, 2.05) is 60.7 Å². The molecule has 0 aliphatic rings. The number of benzene rings is 3. The van der Waals surface area contributed by atoms with Gasteiger partial charge in [0.25, 0.3) is 5.91 Å². The van der Waals surface area contributed by atoms with Gasteiger partial charge in [0, 0.05) is 0 Å². The molecule has 3 rings (SSSR count). The SMILES string of the molecule is N#C/C(=C\c1ccc(-c2ccccc2)cc1)C(=O)N/N=C/c1ccc(Cl)c(Cl)c1. The van der Waals surface area contributed by atoms with Gasteiger partial charge in [0.2, 0.25) is 0 Å². The molecule has 0 aromatic heterocycles. The van der Waals surface area contributed by atoms with Gasteiger partial charge in [-0.15, -0.1) is 0 Å². The van der Waals surface area contributed by atoms with Gasteiger partial charge in [-0.3, -0.25) is 4.79 Å². The summed E-state index contributed by atoms with van der Waals surface area (Å²) in [6.07, 6.45) is 2.93. The first-order valence-electron chi connectivity index (χ1n) is 8.62. The van der Waals surface area contributed by atoms with Crippen LogP contribution in [0.5, 0.6) is 0 Å². The highest BCUT2D eigenvalue weighted by Crippen LogP contribution is 2.22. The smallest absolute Gasteiger partial charge is 0.267 e. The molecule has 1 amide bonds. The molecule has 3 aromatic rings. The Balaban J connectivity index is 1.68. The minimum absolute atomic E-state index is 0.0521. The standard InChI is InChI=1S/C23H15Cl2N3O/c24-21-11-8-17(13-22(21)25)15-27-28-23(29)20(14-26)12-16-6-9-19(10-7-16)18-4-2-1-3-5-18/h1-13,15H,(H,28,29)/b20-12+,27-15+. The number of nitriles is 1. The van der Waals surface area contributed by atoms with Gasteiger partial charge < -0.3 is 0 Å². The molecule has 0 heterocycles. The van der Waals surface area contributed by atoms with Crippen molar-refractivity contribution in [2.24, 2.45) is 5.10 Å². The zero-order valence-electron chi connectivity index (χ0n) is 15.1. The molecule has 29 heavy (non-hydrogen) atoms. The number of carbonyl (C=O) groups is 1. The summed E-state index contributed by atoms with van der Waals surface area (Å²) in [6.45, 7) is 0. The highest BCUT2D eigenvalue weighted by molar-refractivity contribution is 6.42. The number of rotatable bonds is 5. The third kappa shape index (κ3) is 5.55. The maximum absolute atomic E-state index is 12.2. The van der Waals surface area contributed by atoms with Gasteiger partial charge in [0.05, 0.1) is 16.3 Å². The molecular weight excluding hydrogens is 405 g/mol. The summed E-state index contributed by atoms with van der Waals surface area (Å²) in [6, 6.07) is 24.4. The normalized spacial score (nSPS) is 11.3. The second kappa shape index (κ2) is 9.70. The molecule has 0 aliphatic carbocycles. The summed E-state index contributed by atoms with van der Waals surface area (Å²) >= 11 is 11.8. The summed E-state index contributed by atoms with van der Waals surface area (Å²) in [5.74, 6) is -0.601. The maximum atomic E-state index is 12.2. The van der Waals surface area contributed by atoms with Crippen LogP contribution in [-0.4, -0.2) is 12.1 Å². The van der Waals surface area contributed by atoms with Crippen molar-refractivity contribution >= 4 is 41.4 Å². The minimum Gasteiger partial charge on any atom is -0.267 e. The number of nitrogens with one attached hydrogen (secondary N) is 1. The average molecular weight is 420 g/mol. The average Bonchev–Trinajstić information content (AvgIpc) is 2.75. The quantitative estimate of drug-likeness (QED) is 0.248. The second-order valence-electron chi connectivity index (χ2n) is 6.03. The number of hydrogen-bond acceptors (Lipinski definition) is 3. The van der Waals surface area contributed by atoms with Crippen molar-refractivity contribution in [1.29, 1.82) is 5.26 Å². The molecule has 0 radical (unpaired) electrons. The zero-order valence-corrected chi connectivity index (χ0v) is 16.7. The van der Waals surface area contributed by atoms with Crippen LogP contribution < -0.4 is 5.43 Å². The number of carbonyl (C=O) groups excluding carboxylic acids is 1. The van der Waals surface area contributed by atoms with Crippen molar-refractivity contribution in [3.63, 3.8) is 0 Å². The van der Waals surface area contributed by atoms with Crippen LogP contribution in [0.2, 0.25) is 10.0 Å². The van der Waals surface area contributed by atoms with Gasteiger partial charge in [0.15, 0.2) is 0 Å². The summed E-state index contributed by atoms with van der Waals surface area (Å²) in [5, 5.41) is 14.0. The maximum Gasteiger partial charge on any atom is 0.282 e. The van der Waals surface area contributed by atoms with Crippen LogP contribution in [0.3, 0.4) is 0 Å². The highest BCUT2D eigenvalue weighted by Gasteiger charge is 2.08. The Morgan fingerprint density at radius 2 is 1.55 bits per heavy atom. The van der Waals surface area contributed by atoms with E-state index in [0.29, 0.717) is 15.6 Å². The van der Waals surface area contributed by atoms with E-state index in [1.165, 1.54) is 12.3 Å². The lowest BCUT2D eigenvalue weighted by molar-refractivity contribution is -0.117. The molecule has 0 spiro atoms. The van der Waals surface area contributed by atoms with Gasteiger partial charge in [-0.2, -0.15) is 10.4 Å². The van der Waals surface area contributed by atoms with Crippen molar-refractivity contribution in [1.82, 2.24) is 5.43 Å². The predicted octanol–water partition coefficient (Wildman–Crippen LogP) is 5.72. The third-order valence-electron chi connectivity index (χ3n) is 4.02. The highest BCUT2D eigenvalue weighted by atomic mass is 35.5. The van der Waals surface area contributed by atoms with E-state index in [2.05, 4.69) is 10.5 Å². The van der Waals surface area contributed by atoms with Crippen LogP contribution in [0, 0.1) is 11.3 Å². The molecule has 6 heteroatoms. The van der Waals surface area contributed by atoms with Gasteiger partial charge in [0.1, 0.15) is 11.6 Å². The molecule has 1 N–H and O–H groups in total. The molecule has 142 valence electrons. The van der Waals surface area contributed by atoms with E-state index in [4.69, 9.17) is 23.2 Å². The van der Waals surface area contributed by atoms with Gasteiger partial charge in [-0.1, -0.05) is 83.9 Å². The van der Waals surface area contributed by atoms with E-state index in [1.54, 1.807) is 18.2 Å². The summed E-state index contributed by atoms with van der Waals surface area (Å²) < 4.78 is 0. The van der Waals surface area contributed by atoms with E-state index >= 15 is 0 Å². The molecule has 0 saturated carbocycles. The molecule has 0 atom stereocenters. The van der Waals surface area contributed by atoms with E-state index in [9.17, 15) is 10.1 Å². The third-order valence-corrected chi connectivity index (χ3v) is 4.76. The number of amides is 1. The molecule has 0 unspecified atom stereocenters. The lowest BCUT2D eigenvalue weighted by Crippen LogP contribution is -2.19. The number of hydrazone groups is 1. The lowest BCUT2D eigenvalue weighted by Gasteiger charge is -2.03. The van der Waals surface area contributed by atoms with Crippen LogP contribution in [-0.2, 0) is 4.79 Å². The Hall–Kier alpha value is -3.39. The topological polar surface area (TPSA) is 65.2 Å². The lowest BCUT2D eigenvalue weighted by atomic mass is 10.0. The molecule has 0 fully saturated rings. The van der Waals surface area contributed by atoms with Gasteiger partial charge in [-0.25, -0.2) is 5.43 Å². The van der Waals surface area contributed by atoms with Crippen molar-refractivity contribution in [2.75, 3.05) is 0 Å². The summed E-state index contributed by atoms with van der Waals surface area (Å²) in [7, 11) is 0. The number of hydrogen-bond donors (Lipinski definition) is 1. The monoisotopic (exact) mass is 419 g/mol. The van der Waals surface area contributed by atoms with Crippen LogP contribution in [0.15, 0.2) is 83.5 Å². The summed E-state index contributed by atoms with van der Waals surface area (Å²) in [4.78, 5) is 12.2.